The smallest absolute Gasteiger partial charge is 0.324 e. The molecule has 1 aliphatic heterocycles. The number of carbonyl (C=O) groups is 2. The van der Waals surface area contributed by atoms with E-state index in [2.05, 4.69) is 15.3 Å². The lowest BCUT2D eigenvalue weighted by atomic mass is 10.3. The Morgan fingerprint density at radius 2 is 1.85 bits per heavy atom. The molecule has 108 valence electrons. The van der Waals surface area contributed by atoms with Crippen LogP contribution in [0.4, 0.5) is 10.7 Å². The van der Waals surface area contributed by atoms with Crippen LogP contribution in [-0.2, 0) is 4.79 Å². The first-order valence-electron chi connectivity index (χ1n) is 6.37. The molecule has 0 unspecified atom stereocenters. The molecule has 1 aliphatic rings. The summed E-state index contributed by atoms with van der Waals surface area (Å²) in [5.41, 5.74) is 0. The van der Waals surface area contributed by atoms with E-state index < -0.39 is 0 Å². The fraction of sp³-hybridized carbons (Fsp3) is 0.500. The molecule has 2 rings (SSSR count). The average Bonchev–Trinajstić information content (AvgIpc) is 2.48. The van der Waals surface area contributed by atoms with Crippen molar-refractivity contribution in [3.05, 3.63) is 18.5 Å². The summed E-state index contributed by atoms with van der Waals surface area (Å²) in [7, 11) is 0. The molecule has 0 saturated carbocycles. The van der Waals surface area contributed by atoms with E-state index in [-0.39, 0.29) is 24.2 Å². The molecule has 1 N–H and O–H groups in total. The molecule has 0 spiro atoms. The van der Waals surface area contributed by atoms with Gasteiger partial charge in [-0.15, -0.1) is 11.6 Å². The van der Waals surface area contributed by atoms with Crippen LogP contribution in [0.2, 0.25) is 0 Å². The van der Waals surface area contributed by atoms with Gasteiger partial charge < -0.3 is 9.80 Å². The molecular formula is C12H16ClN5O2. The SMILES string of the molecule is O=C(CCCl)NC(=O)N1CCN(c2ncccn2)CC1. The second kappa shape index (κ2) is 7.04. The number of amides is 3. The van der Waals surface area contributed by atoms with Gasteiger partial charge in [0.25, 0.3) is 0 Å². The predicted octanol–water partition coefficient (Wildman–Crippen LogP) is 0.464. The van der Waals surface area contributed by atoms with Crippen LogP contribution in [0.5, 0.6) is 0 Å². The van der Waals surface area contributed by atoms with E-state index in [9.17, 15) is 9.59 Å². The van der Waals surface area contributed by atoms with Gasteiger partial charge >= 0.3 is 6.03 Å². The molecule has 1 fully saturated rings. The zero-order valence-electron chi connectivity index (χ0n) is 11.0. The van der Waals surface area contributed by atoms with Gasteiger partial charge in [-0.1, -0.05) is 0 Å². The fourth-order valence-electron chi connectivity index (χ4n) is 1.91. The van der Waals surface area contributed by atoms with Crippen LogP contribution in [0.3, 0.4) is 0 Å². The maximum Gasteiger partial charge on any atom is 0.324 e. The molecule has 1 saturated heterocycles. The molecule has 3 amide bonds. The number of halogens is 1. The van der Waals surface area contributed by atoms with Crippen LogP contribution in [-0.4, -0.2) is 58.9 Å². The van der Waals surface area contributed by atoms with Crippen molar-refractivity contribution in [2.75, 3.05) is 37.0 Å². The number of hydrogen-bond acceptors (Lipinski definition) is 5. The number of urea groups is 1. The van der Waals surface area contributed by atoms with Gasteiger partial charge in [-0.05, 0) is 6.07 Å². The summed E-state index contributed by atoms with van der Waals surface area (Å²) in [4.78, 5) is 35.1. The van der Waals surface area contributed by atoms with Crippen molar-refractivity contribution in [2.24, 2.45) is 0 Å². The Kier molecular flexibility index (Phi) is 5.11. The van der Waals surface area contributed by atoms with E-state index in [1.54, 1.807) is 23.4 Å². The van der Waals surface area contributed by atoms with E-state index in [0.717, 1.165) is 0 Å². The van der Waals surface area contributed by atoms with Gasteiger partial charge in [0.2, 0.25) is 11.9 Å². The predicted molar refractivity (Wildman–Crippen MR) is 74.7 cm³/mol. The molecule has 1 aromatic rings. The summed E-state index contributed by atoms with van der Waals surface area (Å²) < 4.78 is 0. The summed E-state index contributed by atoms with van der Waals surface area (Å²) in [6.07, 6.45) is 3.52. The highest BCUT2D eigenvalue weighted by Crippen LogP contribution is 2.09. The molecule has 0 radical (unpaired) electrons. The van der Waals surface area contributed by atoms with Crippen molar-refractivity contribution in [3.8, 4) is 0 Å². The normalized spacial score (nSPS) is 15.1. The van der Waals surface area contributed by atoms with Gasteiger partial charge in [-0.25, -0.2) is 14.8 Å². The maximum atomic E-state index is 11.8. The van der Waals surface area contributed by atoms with Crippen LogP contribution in [0.25, 0.3) is 0 Å². The zero-order chi connectivity index (χ0) is 14.4. The molecule has 20 heavy (non-hydrogen) atoms. The second-order valence-corrected chi connectivity index (χ2v) is 4.69. The van der Waals surface area contributed by atoms with Crippen molar-refractivity contribution in [3.63, 3.8) is 0 Å². The second-order valence-electron chi connectivity index (χ2n) is 4.32. The minimum absolute atomic E-state index is 0.144. The maximum absolute atomic E-state index is 11.8. The number of carbonyl (C=O) groups excluding carboxylic acids is 2. The van der Waals surface area contributed by atoms with Gasteiger partial charge in [0.15, 0.2) is 0 Å². The highest BCUT2D eigenvalue weighted by atomic mass is 35.5. The number of imide groups is 1. The van der Waals surface area contributed by atoms with E-state index >= 15 is 0 Å². The van der Waals surface area contributed by atoms with Crippen LogP contribution in [0, 0.1) is 0 Å². The van der Waals surface area contributed by atoms with Crippen molar-refractivity contribution in [2.45, 2.75) is 6.42 Å². The minimum atomic E-state index is -0.367. The summed E-state index contributed by atoms with van der Waals surface area (Å²) in [5, 5.41) is 2.32. The number of alkyl halides is 1. The lowest BCUT2D eigenvalue weighted by Crippen LogP contribution is -2.53. The molecule has 1 aromatic heterocycles. The minimum Gasteiger partial charge on any atom is -0.337 e. The quantitative estimate of drug-likeness (QED) is 0.820. The first-order chi connectivity index (χ1) is 9.70. The molecule has 0 atom stereocenters. The van der Waals surface area contributed by atoms with Crippen molar-refractivity contribution in [1.29, 1.82) is 0 Å². The lowest BCUT2D eigenvalue weighted by Gasteiger charge is -2.34. The Balaban J connectivity index is 1.82. The summed E-state index contributed by atoms with van der Waals surface area (Å²) in [6, 6.07) is 1.39. The van der Waals surface area contributed by atoms with Crippen molar-refractivity contribution >= 4 is 29.5 Å². The number of anilines is 1. The van der Waals surface area contributed by atoms with Gasteiger partial charge in [-0.2, -0.15) is 0 Å². The lowest BCUT2D eigenvalue weighted by molar-refractivity contribution is -0.119. The van der Waals surface area contributed by atoms with Gasteiger partial charge in [0, 0.05) is 50.9 Å². The third-order valence-corrected chi connectivity index (χ3v) is 3.16. The van der Waals surface area contributed by atoms with E-state index in [4.69, 9.17) is 11.6 Å². The number of aromatic nitrogens is 2. The average molecular weight is 298 g/mol. The number of rotatable bonds is 3. The first kappa shape index (κ1) is 14.5. The highest BCUT2D eigenvalue weighted by molar-refractivity contribution is 6.19. The molecule has 2 heterocycles. The molecule has 0 bridgehead atoms. The molecule has 0 aliphatic carbocycles. The van der Waals surface area contributed by atoms with Crippen molar-refractivity contribution in [1.82, 2.24) is 20.2 Å². The van der Waals surface area contributed by atoms with E-state index in [1.807, 2.05) is 4.90 Å². The zero-order valence-corrected chi connectivity index (χ0v) is 11.7. The van der Waals surface area contributed by atoms with Crippen LogP contribution in [0.15, 0.2) is 18.5 Å². The third kappa shape index (κ3) is 3.80. The Morgan fingerprint density at radius 3 is 2.45 bits per heavy atom. The Labute approximate surface area is 121 Å². The van der Waals surface area contributed by atoms with Crippen molar-refractivity contribution < 1.29 is 9.59 Å². The van der Waals surface area contributed by atoms with Gasteiger partial charge in [0.1, 0.15) is 0 Å². The topological polar surface area (TPSA) is 78.4 Å². The molecule has 7 nitrogen and oxygen atoms in total. The number of hydrogen-bond donors (Lipinski definition) is 1. The Hall–Kier alpha value is -1.89. The van der Waals surface area contributed by atoms with Crippen LogP contribution >= 0.6 is 11.6 Å². The largest absolute Gasteiger partial charge is 0.337 e. The van der Waals surface area contributed by atoms with Gasteiger partial charge in [-0.3, -0.25) is 10.1 Å². The summed E-state index contributed by atoms with van der Waals surface area (Å²) in [6.45, 7) is 2.33. The monoisotopic (exact) mass is 297 g/mol. The molecular weight excluding hydrogens is 282 g/mol. The Bertz CT molecular complexity index is 462. The van der Waals surface area contributed by atoms with E-state index in [0.29, 0.717) is 32.1 Å². The Morgan fingerprint density at radius 1 is 1.20 bits per heavy atom. The number of nitrogens with one attached hydrogen (secondary N) is 1. The van der Waals surface area contributed by atoms with Gasteiger partial charge in [0.05, 0.1) is 0 Å². The molecule has 8 heteroatoms. The molecule has 0 aromatic carbocycles. The standard InChI is InChI=1S/C12H16ClN5O2/c13-3-2-10(19)16-12(20)18-8-6-17(7-9-18)11-14-4-1-5-15-11/h1,4-5H,2-3,6-9H2,(H,16,19,20). The first-order valence-corrected chi connectivity index (χ1v) is 6.91. The highest BCUT2D eigenvalue weighted by Gasteiger charge is 2.23. The van der Waals surface area contributed by atoms with Crippen LogP contribution < -0.4 is 10.2 Å². The third-order valence-electron chi connectivity index (χ3n) is 2.97. The number of piperazine rings is 1. The van der Waals surface area contributed by atoms with E-state index in [1.165, 1.54) is 0 Å². The number of nitrogens with zero attached hydrogens (tertiary/aromatic N) is 4. The van der Waals surface area contributed by atoms with Crippen LogP contribution in [0.1, 0.15) is 6.42 Å². The fourth-order valence-corrected chi connectivity index (χ4v) is 2.08. The summed E-state index contributed by atoms with van der Waals surface area (Å²) >= 11 is 5.45. The summed E-state index contributed by atoms with van der Waals surface area (Å²) in [5.74, 6) is 0.516.